The molecule has 1 saturated heterocycles. The fraction of sp³-hybridized carbons (Fsp3) is 0.161. The van der Waals surface area contributed by atoms with Crippen molar-refractivity contribution in [2.75, 3.05) is 11.5 Å². The highest BCUT2D eigenvalue weighted by atomic mass is 32.2. The Morgan fingerprint density at radius 1 is 0.892 bits per heavy atom. The normalized spacial score (nSPS) is 14.6. The molecule has 0 spiro atoms. The summed E-state index contributed by atoms with van der Waals surface area (Å²) in [5.41, 5.74) is 5.05. The number of benzene rings is 4. The number of anilines is 1. The Kier molecular flexibility index (Phi) is 7.31. The molecule has 0 aliphatic carbocycles. The van der Waals surface area contributed by atoms with Crippen LogP contribution in [0.5, 0.6) is 11.5 Å². The molecule has 0 unspecified atom stereocenters. The van der Waals surface area contributed by atoms with Crippen molar-refractivity contribution in [3.05, 3.63) is 106 Å². The average molecular weight is 526 g/mol. The Balaban J connectivity index is 1.38. The molecule has 0 aromatic heterocycles. The van der Waals surface area contributed by atoms with Crippen LogP contribution in [0, 0.1) is 13.8 Å². The number of amides is 1. The summed E-state index contributed by atoms with van der Waals surface area (Å²) in [7, 11) is 0. The standard InChI is InChI=1S/C31H27NO3S2/c1-4-34-28-17-22(13-15-27(28)35-19-24-10-7-9-23-8-5-6-11-26(23)24)18-29-30(33)32(31(36)37-29)25-14-12-20(2)21(3)16-25/h5-18H,4,19H2,1-3H3/b29-18+. The highest BCUT2D eigenvalue weighted by Crippen LogP contribution is 2.38. The lowest BCUT2D eigenvalue weighted by Crippen LogP contribution is -2.27. The number of rotatable bonds is 7. The van der Waals surface area contributed by atoms with Gasteiger partial charge in [-0.1, -0.05) is 78.6 Å². The van der Waals surface area contributed by atoms with Crippen LogP contribution in [0.1, 0.15) is 29.2 Å². The van der Waals surface area contributed by atoms with Crippen LogP contribution in [0.15, 0.2) is 83.8 Å². The van der Waals surface area contributed by atoms with Gasteiger partial charge < -0.3 is 9.47 Å². The number of carbonyl (C=O) groups excluding carboxylic acids is 1. The van der Waals surface area contributed by atoms with E-state index in [0.717, 1.165) is 22.4 Å². The first kappa shape index (κ1) is 25.1. The number of thiocarbonyl (C=S) groups is 1. The number of aryl methyl sites for hydroxylation is 2. The zero-order valence-electron chi connectivity index (χ0n) is 21.0. The van der Waals surface area contributed by atoms with Crippen LogP contribution in [0.4, 0.5) is 5.69 Å². The van der Waals surface area contributed by atoms with Gasteiger partial charge in [0.15, 0.2) is 15.8 Å². The molecule has 1 aliphatic heterocycles. The highest BCUT2D eigenvalue weighted by molar-refractivity contribution is 8.27. The molecule has 0 atom stereocenters. The van der Waals surface area contributed by atoms with Crippen molar-refractivity contribution >= 4 is 56.7 Å². The third kappa shape index (κ3) is 5.26. The summed E-state index contributed by atoms with van der Waals surface area (Å²) in [6.45, 7) is 6.95. The van der Waals surface area contributed by atoms with E-state index in [1.807, 2.05) is 74.5 Å². The summed E-state index contributed by atoms with van der Waals surface area (Å²) in [6.07, 6.45) is 1.86. The second-order valence-electron chi connectivity index (χ2n) is 8.85. The summed E-state index contributed by atoms with van der Waals surface area (Å²) < 4.78 is 12.6. The molecule has 1 amide bonds. The molecule has 0 radical (unpaired) electrons. The zero-order chi connectivity index (χ0) is 25.9. The minimum Gasteiger partial charge on any atom is -0.490 e. The molecule has 0 bridgehead atoms. The molecule has 4 nitrogen and oxygen atoms in total. The fourth-order valence-electron chi connectivity index (χ4n) is 4.28. The Bertz CT molecular complexity index is 1540. The molecule has 6 heteroatoms. The quantitative estimate of drug-likeness (QED) is 0.182. The van der Waals surface area contributed by atoms with E-state index in [1.165, 1.54) is 28.1 Å². The van der Waals surface area contributed by atoms with Crippen molar-refractivity contribution in [3.63, 3.8) is 0 Å². The van der Waals surface area contributed by atoms with Crippen molar-refractivity contribution in [1.29, 1.82) is 0 Å². The van der Waals surface area contributed by atoms with E-state index >= 15 is 0 Å². The maximum Gasteiger partial charge on any atom is 0.270 e. The molecule has 37 heavy (non-hydrogen) atoms. The molecule has 0 saturated carbocycles. The van der Waals surface area contributed by atoms with Gasteiger partial charge in [-0.05, 0) is 84.1 Å². The molecule has 0 N–H and O–H groups in total. The topological polar surface area (TPSA) is 38.8 Å². The van der Waals surface area contributed by atoms with Crippen LogP contribution in [0.3, 0.4) is 0 Å². The first-order chi connectivity index (χ1) is 17.9. The third-order valence-electron chi connectivity index (χ3n) is 6.37. The maximum atomic E-state index is 13.3. The van der Waals surface area contributed by atoms with Gasteiger partial charge in [0, 0.05) is 0 Å². The van der Waals surface area contributed by atoms with Gasteiger partial charge >= 0.3 is 0 Å². The molecule has 5 rings (SSSR count). The third-order valence-corrected chi connectivity index (χ3v) is 7.67. The molecule has 1 heterocycles. The van der Waals surface area contributed by atoms with Crippen molar-refractivity contribution < 1.29 is 14.3 Å². The summed E-state index contributed by atoms with van der Waals surface area (Å²) in [4.78, 5) is 15.4. The first-order valence-corrected chi connectivity index (χ1v) is 13.4. The van der Waals surface area contributed by atoms with E-state index in [1.54, 1.807) is 4.90 Å². The predicted octanol–water partition coefficient (Wildman–Crippen LogP) is 7.84. The predicted molar refractivity (Wildman–Crippen MR) is 157 cm³/mol. The van der Waals surface area contributed by atoms with E-state index in [0.29, 0.717) is 33.9 Å². The van der Waals surface area contributed by atoms with Crippen LogP contribution in [-0.2, 0) is 11.4 Å². The van der Waals surface area contributed by atoms with Crippen LogP contribution in [-0.4, -0.2) is 16.8 Å². The first-order valence-electron chi connectivity index (χ1n) is 12.2. The van der Waals surface area contributed by atoms with Crippen LogP contribution < -0.4 is 14.4 Å². The van der Waals surface area contributed by atoms with Crippen LogP contribution in [0.25, 0.3) is 16.8 Å². The lowest BCUT2D eigenvalue weighted by Gasteiger charge is -2.16. The smallest absolute Gasteiger partial charge is 0.270 e. The number of thioether (sulfide) groups is 1. The SMILES string of the molecule is CCOc1cc(/C=C2/SC(=S)N(c3ccc(C)c(C)c3)C2=O)ccc1OCc1cccc2ccccc12. The van der Waals surface area contributed by atoms with Gasteiger partial charge in [0.25, 0.3) is 5.91 Å². The minimum absolute atomic E-state index is 0.118. The Morgan fingerprint density at radius 2 is 1.70 bits per heavy atom. The van der Waals surface area contributed by atoms with Crippen LogP contribution >= 0.6 is 24.0 Å². The second kappa shape index (κ2) is 10.8. The van der Waals surface area contributed by atoms with Crippen molar-refractivity contribution in [3.8, 4) is 11.5 Å². The Morgan fingerprint density at radius 3 is 2.51 bits per heavy atom. The Labute approximate surface area is 226 Å². The van der Waals surface area contributed by atoms with Gasteiger partial charge in [-0.3, -0.25) is 9.69 Å². The van der Waals surface area contributed by atoms with Crippen molar-refractivity contribution in [1.82, 2.24) is 0 Å². The maximum absolute atomic E-state index is 13.3. The minimum atomic E-state index is -0.118. The molecule has 1 aliphatic rings. The highest BCUT2D eigenvalue weighted by Gasteiger charge is 2.33. The molecule has 186 valence electrons. The van der Waals surface area contributed by atoms with Crippen molar-refractivity contribution in [2.24, 2.45) is 0 Å². The number of ether oxygens (including phenoxy) is 2. The van der Waals surface area contributed by atoms with Crippen molar-refractivity contribution in [2.45, 2.75) is 27.4 Å². The van der Waals surface area contributed by atoms with E-state index in [2.05, 4.69) is 31.2 Å². The van der Waals surface area contributed by atoms with Gasteiger partial charge in [-0.25, -0.2) is 0 Å². The number of carbonyl (C=O) groups is 1. The molecule has 4 aromatic rings. The van der Waals surface area contributed by atoms with Gasteiger partial charge in [-0.15, -0.1) is 0 Å². The zero-order valence-corrected chi connectivity index (χ0v) is 22.6. The van der Waals surface area contributed by atoms with Gasteiger partial charge in [0.1, 0.15) is 6.61 Å². The summed E-state index contributed by atoms with van der Waals surface area (Å²) in [5.74, 6) is 1.18. The van der Waals surface area contributed by atoms with Gasteiger partial charge in [0.05, 0.1) is 17.2 Å². The van der Waals surface area contributed by atoms with E-state index in [4.69, 9.17) is 21.7 Å². The molecule has 1 fully saturated rings. The van der Waals surface area contributed by atoms with E-state index in [9.17, 15) is 4.79 Å². The molecular formula is C31H27NO3S2. The largest absolute Gasteiger partial charge is 0.490 e. The molecule has 4 aromatic carbocycles. The summed E-state index contributed by atoms with van der Waals surface area (Å²) >= 11 is 6.86. The second-order valence-corrected chi connectivity index (χ2v) is 10.5. The van der Waals surface area contributed by atoms with Gasteiger partial charge in [-0.2, -0.15) is 0 Å². The summed E-state index contributed by atoms with van der Waals surface area (Å²) in [6, 6.07) is 26.2. The van der Waals surface area contributed by atoms with E-state index < -0.39 is 0 Å². The Hall–Kier alpha value is -3.61. The van der Waals surface area contributed by atoms with Crippen LogP contribution in [0.2, 0.25) is 0 Å². The van der Waals surface area contributed by atoms with Gasteiger partial charge in [0.2, 0.25) is 0 Å². The fourth-order valence-corrected chi connectivity index (χ4v) is 5.58. The average Bonchev–Trinajstić information content (AvgIpc) is 3.17. The lowest BCUT2D eigenvalue weighted by atomic mass is 10.1. The number of hydrogen-bond acceptors (Lipinski definition) is 5. The monoisotopic (exact) mass is 525 g/mol. The number of hydrogen-bond donors (Lipinski definition) is 0. The lowest BCUT2D eigenvalue weighted by molar-refractivity contribution is -0.113. The molecular weight excluding hydrogens is 498 g/mol. The van der Waals surface area contributed by atoms with E-state index in [-0.39, 0.29) is 5.91 Å². The number of nitrogens with zero attached hydrogens (tertiary/aromatic N) is 1. The number of fused-ring (bicyclic) bond motifs is 1. The summed E-state index contributed by atoms with van der Waals surface area (Å²) in [5, 5.41) is 2.35.